The van der Waals surface area contributed by atoms with E-state index in [0.29, 0.717) is 3.42 Å². The van der Waals surface area contributed by atoms with E-state index >= 15 is 0 Å². The average molecular weight is 224 g/mol. The van der Waals surface area contributed by atoms with Gasteiger partial charge in [-0.1, -0.05) is 36.4 Å². The third-order valence-electron chi connectivity index (χ3n) is 1.93. The lowest BCUT2D eigenvalue weighted by Gasteiger charge is -2.12. The van der Waals surface area contributed by atoms with Gasteiger partial charge in [0.15, 0.2) is 0 Å². The molecule has 1 aliphatic rings. The Hall–Kier alpha value is 0.730. The summed E-state index contributed by atoms with van der Waals surface area (Å²) in [6.45, 7) is 4.71. The monoisotopic (exact) mass is 224 g/mol. The zero-order valence-electron chi connectivity index (χ0n) is 5.58. The van der Waals surface area contributed by atoms with Crippen molar-refractivity contribution in [2.75, 3.05) is 0 Å². The molecule has 0 aromatic carbocycles. The molecule has 0 bridgehead atoms. The molecule has 0 aromatic rings. The molecule has 0 aliphatic heterocycles. The van der Waals surface area contributed by atoms with Gasteiger partial charge in [-0.25, -0.2) is 0 Å². The van der Waals surface area contributed by atoms with Crippen LogP contribution >= 0.6 is 22.6 Å². The van der Waals surface area contributed by atoms with Crippen LogP contribution in [0.5, 0.6) is 0 Å². The van der Waals surface area contributed by atoms with Gasteiger partial charge < -0.3 is 0 Å². The minimum Gasteiger partial charge on any atom is -0.0792 e. The molecule has 2 atom stereocenters. The molecule has 1 saturated carbocycles. The van der Waals surface area contributed by atoms with Gasteiger partial charge in [0.1, 0.15) is 0 Å². The normalized spacial score (nSPS) is 47.6. The highest BCUT2D eigenvalue weighted by atomic mass is 127. The van der Waals surface area contributed by atoms with E-state index in [2.05, 4.69) is 36.4 Å². The molecule has 1 rings (SSSR count). The Morgan fingerprint density at radius 2 is 2.25 bits per heavy atom. The predicted molar refractivity (Wildman–Crippen MR) is 45.4 cm³/mol. The van der Waals surface area contributed by atoms with E-state index in [1.54, 1.807) is 0 Å². The van der Waals surface area contributed by atoms with E-state index < -0.39 is 0 Å². The van der Waals surface area contributed by atoms with Gasteiger partial charge in [0.2, 0.25) is 0 Å². The van der Waals surface area contributed by atoms with Crippen molar-refractivity contribution >= 4 is 22.6 Å². The summed E-state index contributed by atoms with van der Waals surface area (Å²) in [6.07, 6.45) is 4.29. The Labute approximate surface area is 65.2 Å². The molecule has 1 heteroatoms. The maximum atomic E-state index is 2.58. The molecule has 0 nitrogen and oxygen atoms in total. The number of hydrogen-bond donors (Lipinski definition) is 0. The summed E-state index contributed by atoms with van der Waals surface area (Å²) >= 11 is 2.58. The summed E-state index contributed by atoms with van der Waals surface area (Å²) in [5, 5.41) is 0. The SMILES string of the molecule is CC1CCC(C)(I)C1. The summed E-state index contributed by atoms with van der Waals surface area (Å²) < 4.78 is 0.636. The van der Waals surface area contributed by atoms with Gasteiger partial charge in [0.05, 0.1) is 0 Å². The van der Waals surface area contributed by atoms with Crippen molar-refractivity contribution < 1.29 is 0 Å². The smallest absolute Gasteiger partial charge is 0.0196 e. The molecule has 0 N–H and O–H groups in total. The summed E-state index contributed by atoms with van der Waals surface area (Å²) in [5.41, 5.74) is 0. The topological polar surface area (TPSA) is 0 Å². The van der Waals surface area contributed by atoms with Crippen LogP contribution in [0.15, 0.2) is 0 Å². The van der Waals surface area contributed by atoms with Crippen LogP contribution in [-0.4, -0.2) is 3.42 Å². The zero-order valence-corrected chi connectivity index (χ0v) is 7.73. The van der Waals surface area contributed by atoms with Gasteiger partial charge in [-0.15, -0.1) is 0 Å². The van der Waals surface area contributed by atoms with E-state index in [1.807, 2.05) is 0 Å². The van der Waals surface area contributed by atoms with Crippen LogP contribution in [0, 0.1) is 5.92 Å². The second-order valence-corrected chi connectivity index (χ2v) is 5.87. The van der Waals surface area contributed by atoms with Crippen molar-refractivity contribution in [1.29, 1.82) is 0 Å². The molecule has 0 radical (unpaired) electrons. The Bertz CT molecular complexity index is 86.4. The summed E-state index contributed by atoms with van der Waals surface area (Å²) in [4.78, 5) is 0. The zero-order chi connectivity index (χ0) is 6.20. The second kappa shape index (κ2) is 2.16. The Morgan fingerprint density at radius 3 is 2.38 bits per heavy atom. The van der Waals surface area contributed by atoms with Gasteiger partial charge in [-0.2, -0.15) is 0 Å². The number of halogens is 1. The number of alkyl halides is 1. The van der Waals surface area contributed by atoms with Crippen LogP contribution in [0.4, 0.5) is 0 Å². The molecule has 0 aromatic heterocycles. The molecular weight excluding hydrogens is 211 g/mol. The maximum absolute atomic E-state index is 2.58. The lowest BCUT2D eigenvalue weighted by molar-refractivity contribution is 0.594. The van der Waals surface area contributed by atoms with Gasteiger partial charge >= 0.3 is 0 Å². The van der Waals surface area contributed by atoms with E-state index in [-0.39, 0.29) is 0 Å². The summed E-state index contributed by atoms with van der Waals surface area (Å²) in [5.74, 6) is 0.983. The Balaban J connectivity index is 2.44. The first-order valence-corrected chi connectivity index (χ1v) is 4.37. The Kier molecular flexibility index (Phi) is 1.85. The second-order valence-electron chi connectivity index (χ2n) is 3.26. The highest BCUT2D eigenvalue weighted by Crippen LogP contribution is 2.40. The van der Waals surface area contributed by atoms with Gasteiger partial charge in [-0.05, 0) is 25.2 Å². The molecule has 0 spiro atoms. The first-order chi connectivity index (χ1) is 3.60. The van der Waals surface area contributed by atoms with Crippen LogP contribution in [0.2, 0.25) is 0 Å². The fourth-order valence-corrected chi connectivity index (χ4v) is 2.54. The Morgan fingerprint density at radius 1 is 1.62 bits per heavy atom. The van der Waals surface area contributed by atoms with Crippen molar-refractivity contribution in [3.05, 3.63) is 0 Å². The molecule has 2 unspecified atom stereocenters. The fraction of sp³-hybridized carbons (Fsp3) is 1.00. The predicted octanol–water partition coefficient (Wildman–Crippen LogP) is 3.00. The van der Waals surface area contributed by atoms with Crippen LogP contribution in [0.1, 0.15) is 33.1 Å². The van der Waals surface area contributed by atoms with Crippen molar-refractivity contribution in [2.24, 2.45) is 5.92 Å². The lowest BCUT2D eigenvalue weighted by Crippen LogP contribution is -2.07. The minimum atomic E-state index is 0.636. The van der Waals surface area contributed by atoms with Crippen LogP contribution < -0.4 is 0 Å². The van der Waals surface area contributed by atoms with E-state index in [1.165, 1.54) is 19.3 Å². The lowest BCUT2D eigenvalue weighted by atomic mass is 10.1. The molecule has 0 amide bonds. The largest absolute Gasteiger partial charge is 0.0792 e. The van der Waals surface area contributed by atoms with Crippen molar-refractivity contribution in [2.45, 2.75) is 36.5 Å². The first-order valence-electron chi connectivity index (χ1n) is 3.29. The van der Waals surface area contributed by atoms with Crippen molar-refractivity contribution in [3.63, 3.8) is 0 Å². The maximum Gasteiger partial charge on any atom is 0.0196 e. The number of hydrogen-bond acceptors (Lipinski definition) is 0. The molecule has 1 fully saturated rings. The fourth-order valence-electron chi connectivity index (χ4n) is 1.48. The van der Waals surface area contributed by atoms with Crippen LogP contribution in [0.25, 0.3) is 0 Å². The quantitative estimate of drug-likeness (QED) is 0.438. The third kappa shape index (κ3) is 1.61. The molecule has 1 aliphatic carbocycles. The highest BCUT2D eigenvalue weighted by molar-refractivity contribution is 14.1. The first kappa shape index (κ1) is 6.84. The molecule has 0 heterocycles. The summed E-state index contributed by atoms with van der Waals surface area (Å²) in [7, 11) is 0. The van der Waals surface area contributed by atoms with E-state index in [0.717, 1.165) is 5.92 Å². The standard InChI is InChI=1S/C7H13I/c1-6-3-4-7(2,8)5-6/h6H,3-5H2,1-2H3. The van der Waals surface area contributed by atoms with Crippen molar-refractivity contribution in [3.8, 4) is 0 Å². The van der Waals surface area contributed by atoms with E-state index in [9.17, 15) is 0 Å². The van der Waals surface area contributed by atoms with Gasteiger partial charge in [-0.3, -0.25) is 0 Å². The molecule has 0 saturated heterocycles. The molecule has 48 valence electrons. The van der Waals surface area contributed by atoms with Crippen LogP contribution in [0.3, 0.4) is 0 Å². The minimum absolute atomic E-state index is 0.636. The van der Waals surface area contributed by atoms with Gasteiger partial charge in [0, 0.05) is 3.42 Å². The van der Waals surface area contributed by atoms with E-state index in [4.69, 9.17) is 0 Å². The summed E-state index contributed by atoms with van der Waals surface area (Å²) in [6, 6.07) is 0. The highest BCUT2D eigenvalue weighted by Gasteiger charge is 2.29. The average Bonchev–Trinajstić information content (AvgIpc) is 1.82. The van der Waals surface area contributed by atoms with Crippen molar-refractivity contribution in [1.82, 2.24) is 0 Å². The van der Waals surface area contributed by atoms with Gasteiger partial charge in [0.25, 0.3) is 0 Å². The molecular formula is C7H13I. The molecule has 8 heavy (non-hydrogen) atoms. The van der Waals surface area contributed by atoms with Crippen LogP contribution in [-0.2, 0) is 0 Å². The number of rotatable bonds is 0. The third-order valence-corrected chi connectivity index (χ3v) is 2.91.